The van der Waals surface area contributed by atoms with Crippen LogP contribution < -0.4 is 5.32 Å². The van der Waals surface area contributed by atoms with Crippen LogP contribution in [0, 0.1) is 0 Å². The molecule has 0 saturated heterocycles. The summed E-state index contributed by atoms with van der Waals surface area (Å²) >= 11 is 14.2. The molecule has 0 fully saturated rings. The zero-order chi connectivity index (χ0) is 15.7. The molecule has 0 amide bonds. The third-order valence-corrected chi connectivity index (χ3v) is 8.10. The number of aromatic amines is 1. The van der Waals surface area contributed by atoms with Crippen molar-refractivity contribution < 1.29 is 5.11 Å². The summed E-state index contributed by atoms with van der Waals surface area (Å²) in [5, 5.41) is 13.3. The second kappa shape index (κ2) is 7.29. The predicted octanol–water partition coefficient (Wildman–Crippen LogP) is 5.57. The monoisotopic (exact) mass is 545 g/mol. The highest BCUT2D eigenvalue weighted by atomic mass is 79.9. The summed E-state index contributed by atoms with van der Waals surface area (Å²) in [5.41, 5.74) is 1.71. The molecule has 0 saturated carbocycles. The van der Waals surface area contributed by atoms with Gasteiger partial charge in [-0.2, -0.15) is 0 Å². The van der Waals surface area contributed by atoms with Crippen LogP contribution >= 0.6 is 63.7 Å². The number of rotatable bonds is 5. The number of anilines is 1. The molecule has 0 aliphatic heterocycles. The number of aromatic nitrogens is 2. The van der Waals surface area contributed by atoms with Crippen molar-refractivity contribution in [3.05, 3.63) is 17.9 Å². The Kier molecular flexibility index (Phi) is 6.15. The van der Waals surface area contributed by atoms with E-state index in [1.807, 2.05) is 13.8 Å². The molecule has 2 atom stereocenters. The fourth-order valence-corrected chi connectivity index (χ4v) is 4.38. The van der Waals surface area contributed by atoms with Crippen molar-refractivity contribution in [3.8, 4) is 0 Å². The van der Waals surface area contributed by atoms with E-state index in [1.165, 1.54) is 0 Å². The number of aliphatic hydroxyl groups excluding tert-OH is 1. The minimum absolute atomic E-state index is 0.0278. The lowest BCUT2D eigenvalue weighted by Gasteiger charge is -2.21. The van der Waals surface area contributed by atoms with Crippen LogP contribution in [0.15, 0.2) is 17.9 Å². The topological polar surface area (TPSA) is 60.9 Å². The van der Waals surface area contributed by atoms with Gasteiger partial charge in [0.2, 0.25) is 5.95 Å². The number of hydrogen-bond acceptors (Lipinski definition) is 3. The van der Waals surface area contributed by atoms with Gasteiger partial charge in [-0.25, -0.2) is 4.98 Å². The van der Waals surface area contributed by atoms with Gasteiger partial charge in [0, 0.05) is 8.95 Å². The van der Waals surface area contributed by atoms with Crippen molar-refractivity contribution in [1.82, 2.24) is 9.97 Å². The second-order valence-electron chi connectivity index (χ2n) is 4.70. The molecule has 1 aromatic carbocycles. The number of imidazole rings is 1. The van der Waals surface area contributed by atoms with Gasteiger partial charge in [-0.05, 0) is 76.6 Å². The van der Waals surface area contributed by atoms with Gasteiger partial charge in [-0.3, -0.25) is 0 Å². The van der Waals surface area contributed by atoms with E-state index in [0.717, 1.165) is 35.3 Å². The maximum atomic E-state index is 10.0. The number of nitrogens with zero attached hydrogens (tertiary/aromatic N) is 1. The summed E-state index contributed by atoms with van der Waals surface area (Å²) < 4.78 is 3.59. The largest absolute Gasteiger partial charge is 0.391 e. The molecule has 1 aromatic heterocycles. The van der Waals surface area contributed by atoms with E-state index in [4.69, 9.17) is 0 Å². The van der Waals surface area contributed by atoms with E-state index in [-0.39, 0.29) is 6.04 Å². The lowest BCUT2D eigenvalue weighted by Crippen LogP contribution is -2.32. The Morgan fingerprint density at radius 3 is 2.24 bits per heavy atom. The molecule has 2 unspecified atom stereocenters. The lowest BCUT2D eigenvalue weighted by atomic mass is 10.1. The van der Waals surface area contributed by atoms with Crippen LogP contribution in [-0.2, 0) is 0 Å². The van der Waals surface area contributed by atoms with Gasteiger partial charge in [-0.15, -0.1) is 0 Å². The number of H-pyrrole nitrogens is 1. The Morgan fingerprint density at radius 2 is 1.67 bits per heavy atom. The number of benzene rings is 1. The summed E-state index contributed by atoms with van der Waals surface area (Å²) in [7, 11) is 0. The molecule has 8 heteroatoms. The van der Waals surface area contributed by atoms with Gasteiger partial charge in [0.25, 0.3) is 0 Å². The van der Waals surface area contributed by atoms with Gasteiger partial charge in [0.05, 0.1) is 26.6 Å². The third kappa shape index (κ3) is 3.49. The van der Waals surface area contributed by atoms with Gasteiger partial charge in [0.1, 0.15) is 5.52 Å². The van der Waals surface area contributed by atoms with Crippen LogP contribution in [-0.4, -0.2) is 27.2 Å². The fraction of sp³-hybridized carbons (Fsp3) is 0.462. The Hall–Kier alpha value is 0.370. The van der Waals surface area contributed by atoms with E-state index in [9.17, 15) is 5.11 Å². The van der Waals surface area contributed by atoms with Crippen molar-refractivity contribution in [3.63, 3.8) is 0 Å². The average Bonchev–Trinajstić information content (AvgIpc) is 2.91. The molecule has 21 heavy (non-hydrogen) atoms. The first-order valence-corrected chi connectivity index (χ1v) is 9.74. The lowest BCUT2D eigenvalue weighted by molar-refractivity contribution is 0.146. The highest BCUT2D eigenvalue weighted by Gasteiger charge is 2.20. The van der Waals surface area contributed by atoms with E-state index < -0.39 is 6.10 Å². The van der Waals surface area contributed by atoms with Gasteiger partial charge < -0.3 is 15.4 Å². The van der Waals surface area contributed by atoms with Crippen molar-refractivity contribution in [2.75, 3.05) is 5.32 Å². The molecule has 2 aromatic rings. The first-order valence-electron chi connectivity index (χ1n) is 6.56. The van der Waals surface area contributed by atoms with Gasteiger partial charge in [-0.1, -0.05) is 13.8 Å². The number of hydrogen-bond donors (Lipinski definition) is 3. The molecule has 4 nitrogen and oxygen atoms in total. The van der Waals surface area contributed by atoms with Crippen molar-refractivity contribution in [1.29, 1.82) is 0 Å². The minimum Gasteiger partial charge on any atom is -0.391 e. The molecule has 0 bridgehead atoms. The molecule has 0 aliphatic carbocycles. The fourth-order valence-electron chi connectivity index (χ4n) is 2.10. The quantitative estimate of drug-likeness (QED) is 0.338. The molecule has 1 heterocycles. The van der Waals surface area contributed by atoms with Crippen LogP contribution in [0.5, 0.6) is 0 Å². The van der Waals surface area contributed by atoms with Crippen molar-refractivity contribution in [2.24, 2.45) is 0 Å². The number of aliphatic hydroxyl groups is 1. The van der Waals surface area contributed by atoms with E-state index in [1.54, 1.807) is 0 Å². The number of halogens is 4. The average molecular weight is 549 g/mol. The standard InChI is InChI=1S/C13H15Br4N3O/c1-3-5(6(21)4-2)18-13-19-11-9(16)7(14)8(15)10(17)12(11)20-13/h5-6,21H,3-4H2,1-2H3,(H2,18,19,20). The Balaban J connectivity index is 2.44. The van der Waals surface area contributed by atoms with Crippen LogP contribution in [0.25, 0.3) is 11.0 Å². The molecule has 0 radical (unpaired) electrons. The second-order valence-corrected chi connectivity index (χ2v) is 7.87. The Morgan fingerprint density at radius 1 is 1.05 bits per heavy atom. The smallest absolute Gasteiger partial charge is 0.201 e. The van der Waals surface area contributed by atoms with Crippen LogP contribution in [0.2, 0.25) is 0 Å². The predicted molar refractivity (Wildman–Crippen MR) is 101 cm³/mol. The van der Waals surface area contributed by atoms with Crippen LogP contribution in [0.4, 0.5) is 5.95 Å². The zero-order valence-electron chi connectivity index (χ0n) is 11.5. The van der Waals surface area contributed by atoms with E-state index >= 15 is 0 Å². The molecule has 0 aliphatic rings. The van der Waals surface area contributed by atoms with Gasteiger partial charge >= 0.3 is 0 Å². The van der Waals surface area contributed by atoms with Crippen molar-refractivity contribution in [2.45, 2.75) is 38.8 Å². The number of nitrogens with one attached hydrogen (secondary N) is 2. The van der Waals surface area contributed by atoms with E-state index in [2.05, 4.69) is 79.0 Å². The molecule has 0 spiro atoms. The first kappa shape index (κ1) is 17.7. The molecular weight excluding hydrogens is 534 g/mol. The maximum Gasteiger partial charge on any atom is 0.201 e. The summed E-state index contributed by atoms with van der Waals surface area (Å²) in [5.74, 6) is 0.649. The van der Waals surface area contributed by atoms with Crippen LogP contribution in [0.3, 0.4) is 0 Å². The SMILES string of the molecule is CCC(O)C(CC)Nc1nc2c(Br)c(Br)c(Br)c(Br)c2[nH]1. The van der Waals surface area contributed by atoms with Gasteiger partial charge in [0.15, 0.2) is 0 Å². The number of fused-ring (bicyclic) bond motifs is 1. The molecular formula is C13H15Br4N3O. The minimum atomic E-state index is -0.395. The molecule has 3 N–H and O–H groups in total. The van der Waals surface area contributed by atoms with Crippen molar-refractivity contribution >= 4 is 80.7 Å². The first-order chi connectivity index (χ1) is 9.90. The molecule has 2 rings (SSSR count). The highest BCUT2D eigenvalue weighted by Crippen LogP contribution is 2.42. The summed E-state index contributed by atoms with van der Waals surface area (Å²) in [4.78, 5) is 7.83. The Bertz CT molecular complexity index is 614. The van der Waals surface area contributed by atoms with E-state index in [0.29, 0.717) is 12.4 Å². The molecule has 116 valence electrons. The normalized spacial score (nSPS) is 14.4. The summed E-state index contributed by atoms with van der Waals surface area (Å²) in [6.07, 6.45) is 1.13. The van der Waals surface area contributed by atoms with Crippen LogP contribution in [0.1, 0.15) is 26.7 Å². The summed E-state index contributed by atoms with van der Waals surface area (Å²) in [6, 6.07) is -0.0278. The third-order valence-electron chi connectivity index (χ3n) is 3.35. The Labute approximate surface area is 157 Å². The zero-order valence-corrected chi connectivity index (χ0v) is 17.8. The maximum absolute atomic E-state index is 10.0. The highest BCUT2D eigenvalue weighted by molar-refractivity contribution is 9.15. The summed E-state index contributed by atoms with van der Waals surface area (Å²) in [6.45, 7) is 4.01.